The van der Waals surface area contributed by atoms with Gasteiger partial charge in [-0.1, -0.05) is 24.2 Å². The molecule has 0 N–H and O–H groups in total. The maximum Gasteiger partial charge on any atom is 0.271 e. The Labute approximate surface area is 161 Å². The number of benzene rings is 1. The van der Waals surface area contributed by atoms with Crippen molar-refractivity contribution in [3.8, 4) is 0 Å². The lowest BCUT2D eigenvalue weighted by atomic mass is 9.96. The molecule has 0 bridgehead atoms. The highest BCUT2D eigenvalue weighted by Crippen LogP contribution is 2.36. The van der Waals surface area contributed by atoms with Gasteiger partial charge in [0, 0.05) is 32.5 Å². The van der Waals surface area contributed by atoms with E-state index in [-0.39, 0.29) is 23.4 Å². The molecule has 3 rings (SSSR count). The quantitative estimate of drug-likeness (QED) is 0.767. The fourth-order valence-electron chi connectivity index (χ4n) is 3.35. The van der Waals surface area contributed by atoms with Crippen LogP contribution in [0.2, 0.25) is 0 Å². The van der Waals surface area contributed by atoms with Gasteiger partial charge < -0.3 is 9.74 Å². The first-order chi connectivity index (χ1) is 12.7. The molecule has 0 saturated carbocycles. The van der Waals surface area contributed by atoms with Crippen molar-refractivity contribution in [1.82, 2.24) is 9.21 Å². The predicted octanol–water partition coefficient (Wildman–Crippen LogP) is 2.03. The molecule has 2 heterocycles. The van der Waals surface area contributed by atoms with Crippen LogP contribution in [0.4, 0.5) is 0 Å². The molecular formula is C19H27N3O4S. The number of aryl methyl sites for hydroxylation is 1. The molecule has 0 radical (unpaired) electrons. The predicted molar refractivity (Wildman–Crippen MR) is 103 cm³/mol. The highest BCUT2D eigenvalue weighted by Gasteiger charge is 2.50. The number of hydrogen-bond acceptors (Lipinski definition) is 5. The van der Waals surface area contributed by atoms with Crippen LogP contribution >= 0.6 is 0 Å². The van der Waals surface area contributed by atoms with Crippen LogP contribution in [0, 0.1) is 0 Å². The van der Waals surface area contributed by atoms with Gasteiger partial charge in [0.05, 0.1) is 11.4 Å². The largest absolute Gasteiger partial charge is 0.387 e. The second-order valence-corrected chi connectivity index (χ2v) is 9.52. The molecule has 148 valence electrons. The third kappa shape index (κ3) is 3.73. The molecule has 1 atom stereocenters. The van der Waals surface area contributed by atoms with Gasteiger partial charge in [-0.2, -0.15) is 4.31 Å². The van der Waals surface area contributed by atoms with Crippen molar-refractivity contribution in [3.63, 3.8) is 0 Å². The van der Waals surface area contributed by atoms with Gasteiger partial charge in [-0.25, -0.2) is 8.42 Å². The summed E-state index contributed by atoms with van der Waals surface area (Å²) in [4.78, 5) is 20.0. The lowest BCUT2D eigenvalue weighted by molar-refractivity contribution is -0.124. The number of rotatable bonds is 5. The van der Waals surface area contributed by atoms with E-state index in [1.807, 2.05) is 32.9 Å². The first-order valence-electron chi connectivity index (χ1n) is 9.30. The van der Waals surface area contributed by atoms with Crippen LogP contribution in [-0.2, 0) is 26.1 Å². The van der Waals surface area contributed by atoms with E-state index in [9.17, 15) is 13.2 Å². The molecule has 0 aromatic heterocycles. The van der Waals surface area contributed by atoms with Crippen molar-refractivity contribution in [3.05, 3.63) is 29.8 Å². The zero-order chi connectivity index (χ0) is 19.8. The normalized spacial score (nSPS) is 22.9. The van der Waals surface area contributed by atoms with Crippen LogP contribution in [0.25, 0.3) is 0 Å². The van der Waals surface area contributed by atoms with Crippen LogP contribution in [0.1, 0.15) is 39.2 Å². The van der Waals surface area contributed by atoms with E-state index in [2.05, 4.69) is 5.16 Å². The highest BCUT2D eigenvalue weighted by atomic mass is 32.2. The average Bonchev–Trinajstić information content (AvgIpc) is 3.28. The summed E-state index contributed by atoms with van der Waals surface area (Å²) in [6.07, 6.45) is 1.72. The molecule has 1 amide bonds. The van der Waals surface area contributed by atoms with E-state index in [0.29, 0.717) is 25.1 Å². The molecule has 0 unspecified atom stereocenters. The van der Waals surface area contributed by atoms with Crippen molar-refractivity contribution >= 4 is 21.6 Å². The van der Waals surface area contributed by atoms with Gasteiger partial charge in [-0.05, 0) is 38.0 Å². The Balaban J connectivity index is 1.71. The minimum atomic E-state index is -3.59. The van der Waals surface area contributed by atoms with E-state index in [1.165, 1.54) is 4.31 Å². The van der Waals surface area contributed by atoms with Crippen molar-refractivity contribution < 1.29 is 18.0 Å². The zero-order valence-electron chi connectivity index (χ0n) is 16.3. The second kappa shape index (κ2) is 7.24. The van der Waals surface area contributed by atoms with Crippen LogP contribution in [-0.4, -0.2) is 61.0 Å². The minimum Gasteiger partial charge on any atom is -0.387 e. The molecule has 1 fully saturated rings. The van der Waals surface area contributed by atoms with Crippen LogP contribution in [0.5, 0.6) is 0 Å². The summed E-state index contributed by atoms with van der Waals surface area (Å²) in [5.74, 6) is -0.168. The summed E-state index contributed by atoms with van der Waals surface area (Å²) in [6.45, 7) is 6.45. The highest BCUT2D eigenvalue weighted by molar-refractivity contribution is 7.89. The number of carbonyl (C=O) groups is 1. The minimum absolute atomic E-state index is 0.0586. The Morgan fingerprint density at radius 1 is 1.33 bits per heavy atom. The zero-order valence-corrected chi connectivity index (χ0v) is 17.1. The van der Waals surface area contributed by atoms with E-state index in [4.69, 9.17) is 4.84 Å². The summed E-state index contributed by atoms with van der Waals surface area (Å²) in [5.41, 5.74) is 0.716. The number of amides is 1. The number of carbonyl (C=O) groups excluding carboxylic acids is 1. The number of sulfonamides is 1. The van der Waals surface area contributed by atoms with Crippen molar-refractivity contribution in [2.45, 2.75) is 56.6 Å². The summed E-state index contributed by atoms with van der Waals surface area (Å²) in [5, 5.41) is 3.99. The van der Waals surface area contributed by atoms with Gasteiger partial charge in [0.1, 0.15) is 5.71 Å². The molecule has 1 spiro atoms. The smallest absolute Gasteiger partial charge is 0.271 e. The van der Waals surface area contributed by atoms with Gasteiger partial charge in [0.25, 0.3) is 5.91 Å². The molecule has 1 aromatic rings. The van der Waals surface area contributed by atoms with Gasteiger partial charge in [0.2, 0.25) is 10.0 Å². The van der Waals surface area contributed by atoms with Gasteiger partial charge in [-0.15, -0.1) is 0 Å². The van der Waals surface area contributed by atoms with Crippen LogP contribution in [0.15, 0.2) is 34.3 Å². The van der Waals surface area contributed by atoms with Crippen LogP contribution < -0.4 is 0 Å². The monoisotopic (exact) mass is 393 g/mol. The van der Waals surface area contributed by atoms with Gasteiger partial charge >= 0.3 is 0 Å². The van der Waals surface area contributed by atoms with E-state index in [1.54, 1.807) is 24.1 Å². The molecule has 7 nitrogen and oxygen atoms in total. The third-order valence-corrected chi connectivity index (χ3v) is 7.29. The Bertz CT molecular complexity index is 848. The molecule has 27 heavy (non-hydrogen) atoms. The summed E-state index contributed by atoms with van der Waals surface area (Å²) in [7, 11) is -1.86. The molecule has 1 aromatic carbocycles. The fourth-order valence-corrected chi connectivity index (χ4v) is 4.87. The lowest BCUT2D eigenvalue weighted by Crippen LogP contribution is -2.40. The Kier molecular flexibility index (Phi) is 5.31. The number of oxime groups is 1. The first-order valence-corrected chi connectivity index (χ1v) is 10.7. The maximum atomic E-state index is 12.9. The third-order valence-electron chi connectivity index (χ3n) is 5.43. The lowest BCUT2D eigenvalue weighted by Gasteiger charge is -2.23. The summed E-state index contributed by atoms with van der Waals surface area (Å²) >= 11 is 0. The molecule has 1 saturated heterocycles. The molecule has 0 aliphatic carbocycles. The SMILES string of the molecule is CCc1ccc(S(=O)(=O)N2CC[C@@]3(CC(C(=O)N(C)C(C)C)=NO3)C2)cc1. The van der Waals surface area contributed by atoms with Crippen molar-refractivity contribution in [2.24, 2.45) is 5.16 Å². The van der Waals surface area contributed by atoms with Gasteiger partial charge in [-0.3, -0.25) is 4.79 Å². The Morgan fingerprint density at radius 2 is 2.00 bits per heavy atom. The number of nitrogens with zero attached hydrogens (tertiary/aromatic N) is 3. The molecular weight excluding hydrogens is 366 g/mol. The number of hydrogen-bond donors (Lipinski definition) is 0. The fraction of sp³-hybridized carbons (Fsp3) is 0.579. The van der Waals surface area contributed by atoms with Crippen LogP contribution in [0.3, 0.4) is 0 Å². The summed E-state index contributed by atoms with van der Waals surface area (Å²) in [6, 6.07) is 7.04. The van der Waals surface area contributed by atoms with E-state index in [0.717, 1.165) is 12.0 Å². The van der Waals surface area contributed by atoms with E-state index >= 15 is 0 Å². The standard InChI is InChI=1S/C19H27N3O4S/c1-5-15-6-8-16(9-7-15)27(24,25)22-11-10-19(13-22)12-17(20-26-19)18(23)21(4)14(2)3/h6-9,14H,5,10-13H2,1-4H3/t19-/m1/s1. The second-order valence-electron chi connectivity index (χ2n) is 7.58. The maximum absolute atomic E-state index is 12.9. The van der Waals surface area contributed by atoms with Crippen molar-refractivity contribution in [2.75, 3.05) is 20.1 Å². The van der Waals surface area contributed by atoms with Gasteiger partial charge in [0.15, 0.2) is 5.60 Å². The molecule has 2 aliphatic rings. The Morgan fingerprint density at radius 3 is 2.59 bits per heavy atom. The van der Waals surface area contributed by atoms with Crippen molar-refractivity contribution in [1.29, 1.82) is 0 Å². The van der Waals surface area contributed by atoms with E-state index < -0.39 is 15.6 Å². The first kappa shape index (κ1) is 19.8. The average molecular weight is 394 g/mol. The summed E-state index contributed by atoms with van der Waals surface area (Å²) < 4.78 is 27.3. The Hall–Kier alpha value is -1.93. The molecule has 8 heteroatoms. The topological polar surface area (TPSA) is 79.3 Å². The molecule has 2 aliphatic heterocycles.